The zero-order chi connectivity index (χ0) is 17.5. The third kappa shape index (κ3) is 5.35. The molecule has 0 aliphatic carbocycles. The van der Waals surface area contributed by atoms with Crippen molar-refractivity contribution in [1.29, 1.82) is 0 Å². The van der Waals surface area contributed by atoms with Crippen LogP contribution >= 0.6 is 0 Å². The van der Waals surface area contributed by atoms with Gasteiger partial charge in [0.1, 0.15) is 11.9 Å². The molecule has 0 unspecified atom stereocenters. The van der Waals surface area contributed by atoms with Crippen molar-refractivity contribution in [3.63, 3.8) is 0 Å². The minimum Gasteiger partial charge on any atom is -0.490 e. The second kappa shape index (κ2) is 9.44. The Balaban J connectivity index is 1.82. The Morgan fingerprint density at radius 3 is 2.52 bits per heavy atom. The first-order valence-electron chi connectivity index (χ1n) is 10.1. The average molecular weight is 347 g/mol. The largest absolute Gasteiger partial charge is 0.490 e. The maximum Gasteiger partial charge on any atom is 0.126 e. The van der Waals surface area contributed by atoms with Crippen molar-refractivity contribution in [2.75, 3.05) is 31.2 Å². The number of rotatable bonds is 6. The molecule has 1 aromatic carbocycles. The van der Waals surface area contributed by atoms with Gasteiger partial charge < -0.3 is 19.7 Å². The molecule has 2 aliphatic rings. The van der Waals surface area contributed by atoms with Crippen molar-refractivity contribution in [1.82, 2.24) is 5.32 Å². The van der Waals surface area contributed by atoms with Crippen LogP contribution in [-0.2, 0) is 11.3 Å². The highest BCUT2D eigenvalue weighted by atomic mass is 16.5. The summed E-state index contributed by atoms with van der Waals surface area (Å²) in [5.74, 6) is 1.06. The number of nitrogens with one attached hydrogen (secondary N) is 1. The Bertz CT molecular complexity index is 519. The molecule has 0 aromatic heterocycles. The summed E-state index contributed by atoms with van der Waals surface area (Å²) in [6, 6.07) is 7.05. The summed E-state index contributed by atoms with van der Waals surface area (Å²) in [6.07, 6.45) is 7.56. The maximum atomic E-state index is 6.43. The lowest BCUT2D eigenvalue weighted by Crippen LogP contribution is -2.30. The lowest BCUT2D eigenvalue weighted by Gasteiger charge is -2.29. The van der Waals surface area contributed by atoms with Crippen LogP contribution in [0.5, 0.6) is 5.75 Å². The van der Waals surface area contributed by atoms with Gasteiger partial charge in [-0.25, -0.2) is 0 Å². The van der Waals surface area contributed by atoms with E-state index in [-0.39, 0.29) is 6.10 Å². The molecular weight excluding hydrogens is 312 g/mol. The molecule has 0 bridgehead atoms. The summed E-state index contributed by atoms with van der Waals surface area (Å²) in [5.41, 5.74) is 2.68. The highest BCUT2D eigenvalue weighted by Crippen LogP contribution is 2.32. The first kappa shape index (κ1) is 18.5. The predicted molar refractivity (Wildman–Crippen MR) is 104 cm³/mol. The summed E-state index contributed by atoms with van der Waals surface area (Å²) in [7, 11) is 0. The molecule has 2 saturated heterocycles. The molecule has 25 heavy (non-hydrogen) atoms. The van der Waals surface area contributed by atoms with Gasteiger partial charge in [-0.1, -0.05) is 32.8 Å². The van der Waals surface area contributed by atoms with E-state index in [2.05, 4.69) is 42.3 Å². The Hall–Kier alpha value is -1.26. The normalized spacial score (nSPS) is 19.9. The Morgan fingerprint density at radius 1 is 1.12 bits per heavy atom. The summed E-state index contributed by atoms with van der Waals surface area (Å²) in [5, 5.41) is 3.60. The van der Waals surface area contributed by atoms with E-state index in [4.69, 9.17) is 9.47 Å². The highest BCUT2D eigenvalue weighted by molar-refractivity contribution is 5.59. The van der Waals surface area contributed by atoms with Gasteiger partial charge in [-0.15, -0.1) is 0 Å². The van der Waals surface area contributed by atoms with E-state index in [1.807, 2.05) is 0 Å². The third-order valence-corrected chi connectivity index (χ3v) is 5.20. The number of anilines is 1. The van der Waals surface area contributed by atoms with Crippen LogP contribution in [0.4, 0.5) is 5.69 Å². The number of ether oxygens (including phenoxy) is 2. The topological polar surface area (TPSA) is 33.7 Å². The third-order valence-electron chi connectivity index (χ3n) is 5.20. The monoisotopic (exact) mass is 346 g/mol. The standard InChI is InChI=1S/C21H34N2O2/c1-17(2)22-16-19-20(23-12-5-3-4-6-13-23)8-7-9-21(19)25-18-10-14-24-15-11-18/h7-9,17-18,22H,3-6,10-16H2,1-2H3. The van der Waals surface area contributed by atoms with Crippen LogP contribution in [-0.4, -0.2) is 38.4 Å². The van der Waals surface area contributed by atoms with E-state index >= 15 is 0 Å². The van der Waals surface area contributed by atoms with Crippen molar-refractivity contribution in [3.8, 4) is 5.75 Å². The van der Waals surface area contributed by atoms with Crippen LogP contribution < -0.4 is 15.0 Å². The molecule has 3 rings (SSSR count). The van der Waals surface area contributed by atoms with Crippen molar-refractivity contribution in [2.24, 2.45) is 0 Å². The minimum absolute atomic E-state index is 0.283. The molecule has 2 aliphatic heterocycles. The molecular formula is C21H34N2O2. The average Bonchev–Trinajstić information content (AvgIpc) is 2.90. The zero-order valence-electron chi connectivity index (χ0n) is 15.9. The molecule has 140 valence electrons. The van der Waals surface area contributed by atoms with Gasteiger partial charge in [-0.05, 0) is 25.0 Å². The summed E-state index contributed by atoms with van der Waals surface area (Å²) in [6.45, 7) is 9.22. The molecule has 1 aromatic rings. The molecule has 4 nitrogen and oxygen atoms in total. The lowest BCUT2D eigenvalue weighted by atomic mass is 10.1. The quantitative estimate of drug-likeness (QED) is 0.840. The molecule has 0 amide bonds. The van der Waals surface area contributed by atoms with Crippen LogP contribution in [0.25, 0.3) is 0 Å². The molecule has 4 heteroatoms. The molecule has 0 spiro atoms. The highest BCUT2D eigenvalue weighted by Gasteiger charge is 2.21. The number of hydrogen-bond donors (Lipinski definition) is 1. The first-order valence-corrected chi connectivity index (χ1v) is 10.1. The van der Waals surface area contributed by atoms with E-state index in [1.165, 1.54) is 36.9 Å². The van der Waals surface area contributed by atoms with Crippen LogP contribution in [0.2, 0.25) is 0 Å². The SMILES string of the molecule is CC(C)NCc1c(OC2CCOCC2)cccc1N1CCCCCC1. The lowest BCUT2D eigenvalue weighted by molar-refractivity contribution is 0.0251. The molecule has 1 N–H and O–H groups in total. The van der Waals surface area contributed by atoms with Crippen molar-refractivity contribution < 1.29 is 9.47 Å². The van der Waals surface area contributed by atoms with Crippen LogP contribution in [0.3, 0.4) is 0 Å². The number of hydrogen-bond acceptors (Lipinski definition) is 4. The molecule has 2 heterocycles. The first-order chi connectivity index (χ1) is 12.2. The van der Waals surface area contributed by atoms with Gasteiger partial charge in [0.25, 0.3) is 0 Å². The molecule has 0 atom stereocenters. The minimum atomic E-state index is 0.283. The fourth-order valence-electron chi connectivity index (χ4n) is 3.73. The predicted octanol–water partition coefficient (Wildman–Crippen LogP) is 4.12. The fraction of sp³-hybridized carbons (Fsp3) is 0.714. The summed E-state index contributed by atoms with van der Waals surface area (Å²) >= 11 is 0. The summed E-state index contributed by atoms with van der Waals surface area (Å²) < 4.78 is 11.9. The van der Waals surface area contributed by atoms with Gasteiger partial charge in [0.2, 0.25) is 0 Å². The van der Waals surface area contributed by atoms with Crippen LogP contribution in [0.1, 0.15) is 57.9 Å². The van der Waals surface area contributed by atoms with Gasteiger partial charge in [0.05, 0.1) is 13.2 Å². The van der Waals surface area contributed by atoms with Gasteiger partial charge in [-0.3, -0.25) is 0 Å². The smallest absolute Gasteiger partial charge is 0.126 e. The summed E-state index contributed by atoms with van der Waals surface area (Å²) in [4.78, 5) is 2.57. The molecule has 0 saturated carbocycles. The molecule has 0 radical (unpaired) electrons. The maximum absolute atomic E-state index is 6.43. The molecule has 2 fully saturated rings. The van der Waals surface area contributed by atoms with Gasteiger partial charge in [0, 0.05) is 49.8 Å². The van der Waals surface area contributed by atoms with Crippen LogP contribution in [0.15, 0.2) is 18.2 Å². The second-order valence-corrected chi connectivity index (χ2v) is 7.62. The van der Waals surface area contributed by atoms with E-state index in [1.54, 1.807) is 0 Å². The van der Waals surface area contributed by atoms with E-state index < -0.39 is 0 Å². The Labute approximate surface area is 152 Å². The zero-order valence-corrected chi connectivity index (χ0v) is 15.9. The van der Waals surface area contributed by atoms with E-state index in [9.17, 15) is 0 Å². The van der Waals surface area contributed by atoms with Crippen molar-refractivity contribution in [3.05, 3.63) is 23.8 Å². The number of nitrogens with zero attached hydrogens (tertiary/aromatic N) is 1. The van der Waals surface area contributed by atoms with E-state index in [0.717, 1.165) is 51.4 Å². The van der Waals surface area contributed by atoms with Gasteiger partial charge >= 0.3 is 0 Å². The Kier molecular flexibility index (Phi) is 7.00. The second-order valence-electron chi connectivity index (χ2n) is 7.62. The number of benzene rings is 1. The van der Waals surface area contributed by atoms with E-state index in [0.29, 0.717) is 6.04 Å². The van der Waals surface area contributed by atoms with Crippen molar-refractivity contribution in [2.45, 2.75) is 71.1 Å². The van der Waals surface area contributed by atoms with Crippen LogP contribution in [0, 0.1) is 0 Å². The Morgan fingerprint density at radius 2 is 1.84 bits per heavy atom. The fourth-order valence-corrected chi connectivity index (χ4v) is 3.73. The van der Waals surface area contributed by atoms with Gasteiger partial charge in [-0.2, -0.15) is 0 Å². The van der Waals surface area contributed by atoms with Gasteiger partial charge in [0.15, 0.2) is 0 Å². The van der Waals surface area contributed by atoms with Crippen molar-refractivity contribution >= 4 is 5.69 Å².